The first-order chi connectivity index (χ1) is 12.7. The first-order valence-corrected chi connectivity index (χ1v) is 10.4. The summed E-state index contributed by atoms with van der Waals surface area (Å²) in [7, 11) is 1.97. The van der Waals surface area contributed by atoms with Gasteiger partial charge in [0.15, 0.2) is 5.96 Å². The Hall–Kier alpha value is -2.02. The van der Waals surface area contributed by atoms with Crippen molar-refractivity contribution in [1.29, 1.82) is 0 Å². The first-order valence-electron chi connectivity index (χ1n) is 9.47. The van der Waals surface area contributed by atoms with E-state index >= 15 is 0 Å². The molecule has 26 heavy (non-hydrogen) atoms. The fourth-order valence-electron chi connectivity index (χ4n) is 3.30. The molecule has 0 amide bonds. The number of hydrogen-bond donors (Lipinski definition) is 2. The van der Waals surface area contributed by atoms with E-state index in [1.54, 1.807) is 11.3 Å². The summed E-state index contributed by atoms with van der Waals surface area (Å²) in [5.74, 6) is 1.37. The predicted molar refractivity (Wildman–Crippen MR) is 110 cm³/mol. The topological polar surface area (TPSA) is 57.5 Å². The van der Waals surface area contributed by atoms with Gasteiger partial charge in [-0.15, -0.1) is 11.3 Å². The third kappa shape index (κ3) is 5.00. The third-order valence-electron chi connectivity index (χ3n) is 4.71. The van der Waals surface area contributed by atoms with E-state index in [1.165, 1.54) is 23.4 Å². The molecule has 0 saturated carbocycles. The quantitative estimate of drug-likeness (QED) is 0.603. The zero-order chi connectivity index (χ0) is 18.4. The van der Waals surface area contributed by atoms with Crippen molar-refractivity contribution >= 4 is 23.0 Å². The van der Waals surface area contributed by atoms with Gasteiger partial charge in [0.2, 0.25) is 0 Å². The van der Waals surface area contributed by atoms with Crippen LogP contribution in [0, 0.1) is 0 Å². The maximum absolute atomic E-state index is 4.83. The highest BCUT2D eigenvalue weighted by atomic mass is 32.1. The van der Waals surface area contributed by atoms with Crippen molar-refractivity contribution in [2.45, 2.75) is 38.6 Å². The Labute approximate surface area is 160 Å². The molecule has 0 radical (unpaired) electrons. The minimum Gasteiger partial charge on any atom is -0.367 e. The molecule has 2 N–H and O–H groups in total. The third-order valence-corrected chi connectivity index (χ3v) is 5.82. The number of rotatable bonds is 6. The molecular weight excluding hydrogens is 344 g/mol. The number of hydrogen-bond acceptors (Lipinski definition) is 4. The fraction of sp³-hybridized carbons (Fsp3) is 0.579. The Morgan fingerprint density at radius 3 is 3.08 bits per heavy atom. The molecule has 3 rings (SSSR count). The molecular formula is C19H30N6S. The Morgan fingerprint density at radius 2 is 2.38 bits per heavy atom. The fourth-order valence-corrected chi connectivity index (χ4v) is 4.08. The van der Waals surface area contributed by atoms with Gasteiger partial charge < -0.3 is 15.5 Å². The van der Waals surface area contributed by atoms with Gasteiger partial charge in [-0.1, -0.05) is 13.0 Å². The van der Waals surface area contributed by atoms with Crippen LogP contribution < -0.4 is 15.5 Å². The summed E-state index contributed by atoms with van der Waals surface area (Å²) < 4.78 is 1.86. The van der Waals surface area contributed by atoms with Crippen LogP contribution in [0.4, 0.5) is 5.69 Å². The van der Waals surface area contributed by atoms with Crippen LogP contribution >= 0.6 is 11.3 Å². The van der Waals surface area contributed by atoms with Crippen LogP contribution in [0.2, 0.25) is 0 Å². The maximum Gasteiger partial charge on any atom is 0.191 e. The lowest BCUT2D eigenvalue weighted by Gasteiger charge is -2.34. The highest BCUT2D eigenvalue weighted by molar-refractivity contribution is 7.10. The predicted octanol–water partition coefficient (Wildman–Crippen LogP) is 2.81. The number of nitrogens with one attached hydrogen (secondary N) is 2. The number of thiophene rings is 1. The molecule has 2 aromatic heterocycles. The SMILES string of the molecule is CCNC(=NCC(C)c1cccs1)NC1CCCN(c2cnn(C)c2)C1. The van der Waals surface area contributed by atoms with Gasteiger partial charge in [0.1, 0.15) is 0 Å². The van der Waals surface area contributed by atoms with Crippen LogP contribution in [-0.4, -0.2) is 48.0 Å². The number of aromatic nitrogens is 2. The first kappa shape index (κ1) is 18.8. The van der Waals surface area contributed by atoms with Crippen molar-refractivity contribution in [3.63, 3.8) is 0 Å². The lowest BCUT2D eigenvalue weighted by atomic mass is 10.1. The standard InChI is InChI=1S/C19H30N6S/c1-4-20-19(21-11-15(2)18-8-6-10-26-18)23-16-7-5-9-25(13-16)17-12-22-24(3)14-17/h6,8,10,12,14-16H,4-5,7,9,11,13H2,1-3H3,(H2,20,21,23). The van der Waals surface area contributed by atoms with Crippen LogP contribution in [0.15, 0.2) is 34.9 Å². The van der Waals surface area contributed by atoms with E-state index in [2.05, 4.69) is 58.2 Å². The molecule has 0 bridgehead atoms. The second-order valence-corrected chi connectivity index (χ2v) is 7.92. The van der Waals surface area contributed by atoms with E-state index in [9.17, 15) is 0 Å². The van der Waals surface area contributed by atoms with Gasteiger partial charge in [-0.3, -0.25) is 9.67 Å². The molecule has 1 fully saturated rings. The highest BCUT2D eigenvalue weighted by Crippen LogP contribution is 2.21. The molecule has 1 aliphatic heterocycles. The van der Waals surface area contributed by atoms with E-state index in [0.717, 1.165) is 32.1 Å². The summed E-state index contributed by atoms with van der Waals surface area (Å²) in [4.78, 5) is 8.63. The van der Waals surface area contributed by atoms with E-state index in [0.29, 0.717) is 12.0 Å². The van der Waals surface area contributed by atoms with E-state index in [-0.39, 0.29) is 0 Å². The number of guanidine groups is 1. The zero-order valence-electron chi connectivity index (χ0n) is 16.0. The second-order valence-electron chi connectivity index (χ2n) is 6.94. The summed E-state index contributed by atoms with van der Waals surface area (Å²) in [5.41, 5.74) is 1.20. The summed E-state index contributed by atoms with van der Waals surface area (Å²) >= 11 is 1.81. The van der Waals surface area contributed by atoms with Crippen LogP contribution in [0.3, 0.4) is 0 Å². The Kier molecular flexibility index (Phi) is 6.55. The molecule has 1 saturated heterocycles. The van der Waals surface area contributed by atoms with Crippen molar-refractivity contribution in [3.8, 4) is 0 Å². The number of anilines is 1. The normalized spacial score (nSPS) is 19.4. The summed E-state index contributed by atoms with van der Waals surface area (Å²) in [6.45, 7) is 8.10. The average Bonchev–Trinajstić information content (AvgIpc) is 3.31. The molecule has 0 aliphatic carbocycles. The molecule has 2 atom stereocenters. The maximum atomic E-state index is 4.83. The van der Waals surface area contributed by atoms with E-state index < -0.39 is 0 Å². The van der Waals surface area contributed by atoms with Crippen molar-refractivity contribution in [2.24, 2.45) is 12.0 Å². The molecule has 142 valence electrons. The van der Waals surface area contributed by atoms with Gasteiger partial charge >= 0.3 is 0 Å². The van der Waals surface area contributed by atoms with Gasteiger partial charge in [0.05, 0.1) is 18.4 Å². The lowest BCUT2D eigenvalue weighted by Crippen LogP contribution is -2.51. The van der Waals surface area contributed by atoms with Crippen LogP contribution in [0.1, 0.15) is 37.5 Å². The number of aliphatic imine (C=N–C) groups is 1. The van der Waals surface area contributed by atoms with Crippen molar-refractivity contribution in [1.82, 2.24) is 20.4 Å². The van der Waals surface area contributed by atoms with Crippen LogP contribution in [0.5, 0.6) is 0 Å². The van der Waals surface area contributed by atoms with Crippen LogP contribution in [-0.2, 0) is 7.05 Å². The highest BCUT2D eigenvalue weighted by Gasteiger charge is 2.21. The number of piperidine rings is 1. The van der Waals surface area contributed by atoms with Gasteiger partial charge in [0, 0.05) is 49.7 Å². The Balaban J connectivity index is 1.58. The van der Waals surface area contributed by atoms with Gasteiger partial charge in [-0.25, -0.2) is 0 Å². The summed E-state index contributed by atoms with van der Waals surface area (Å²) in [6, 6.07) is 4.70. The lowest BCUT2D eigenvalue weighted by molar-refractivity contribution is 0.468. The van der Waals surface area contributed by atoms with E-state index in [4.69, 9.17) is 4.99 Å². The van der Waals surface area contributed by atoms with Crippen LogP contribution in [0.25, 0.3) is 0 Å². The monoisotopic (exact) mass is 374 g/mol. The zero-order valence-corrected chi connectivity index (χ0v) is 16.8. The van der Waals surface area contributed by atoms with Gasteiger partial charge in [0.25, 0.3) is 0 Å². The Bertz CT molecular complexity index is 693. The van der Waals surface area contributed by atoms with Crippen molar-refractivity contribution in [2.75, 3.05) is 31.1 Å². The summed E-state index contributed by atoms with van der Waals surface area (Å²) in [6.07, 6.45) is 6.38. The average molecular weight is 375 g/mol. The molecule has 2 aromatic rings. The molecule has 3 heterocycles. The Morgan fingerprint density at radius 1 is 1.50 bits per heavy atom. The van der Waals surface area contributed by atoms with E-state index in [1.807, 2.05) is 17.9 Å². The number of nitrogens with zero attached hydrogens (tertiary/aromatic N) is 4. The van der Waals surface area contributed by atoms with Crippen molar-refractivity contribution < 1.29 is 0 Å². The summed E-state index contributed by atoms with van der Waals surface area (Å²) in [5, 5.41) is 13.5. The van der Waals surface area contributed by atoms with Crippen molar-refractivity contribution in [3.05, 3.63) is 34.8 Å². The minimum absolute atomic E-state index is 0.402. The molecule has 2 unspecified atom stereocenters. The van der Waals surface area contributed by atoms with Gasteiger partial charge in [-0.2, -0.15) is 5.10 Å². The minimum atomic E-state index is 0.402. The largest absolute Gasteiger partial charge is 0.367 e. The number of aryl methyl sites for hydroxylation is 1. The molecule has 6 nitrogen and oxygen atoms in total. The molecule has 0 aromatic carbocycles. The molecule has 7 heteroatoms. The second kappa shape index (κ2) is 9.07. The smallest absolute Gasteiger partial charge is 0.191 e. The molecule has 1 aliphatic rings. The molecule has 0 spiro atoms. The van der Waals surface area contributed by atoms with Gasteiger partial charge in [-0.05, 0) is 31.2 Å².